The monoisotopic (exact) mass is 382 g/mol. The molecule has 2 saturated heterocycles. The number of fused-ring (bicyclic) bond motifs is 2. The second-order valence-corrected chi connectivity index (χ2v) is 7.89. The van der Waals surface area contributed by atoms with Gasteiger partial charge >= 0.3 is 0 Å². The molecule has 4 heterocycles. The van der Waals surface area contributed by atoms with E-state index in [1.54, 1.807) is 12.4 Å². The number of benzene rings is 1. The van der Waals surface area contributed by atoms with Gasteiger partial charge in [-0.05, 0) is 35.6 Å². The number of halogens is 1. The first kappa shape index (κ1) is 16.8. The van der Waals surface area contributed by atoms with Crippen LogP contribution in [0.15, 0.2) is 48.2 Å². The average Bonchev–Trinajstić information content (AvgIpc) is 3.29. The molecule has 3 aliphatic rings. The molecule has 3 N–H and O–H groups in total. The summed E-state index contributed by atoms with van der Waals surface area (Å²) >= 11 is 6.47. The number of rotatable bonds is 4. The van der Waals surface area contributed by atoms with Gasteiger partial charge in [-0.1, -0.05) is 11.6 Å². The minimum Gasteiger partial charge on any atom is -0.386 e. The van der Waals surface area contributed by atoms with Gasteiger partial charge in [0.2, 0.25) is 0 Å². The Bertz CT molecular complexity index is 912. The Hall–Kier alpha value is -2.31. The van der Waals surface area contributed by atoms with Crippen LogP contribution in [0.25, 0.3) is 11.0 Å². The molecule has 0 saturated carbocycles. The highest BCUT2D eigenvalue weighted by Crippen LogP contribution is 2.31. The molecular weight excluding hydrogens is 360 g/mol. The van der Waals surface area contributed by atoms with Gasteiger partial charge in [0.05, 0.1) is 22.4 Å². The Morgan fingerprint density at radius 3 is 2.63 bits per heavy atom. The molecule has 1 aromatic carbocycles. The molecule has 27 heavy (non-hydrogen) atoms. The quantitative estimate of drug-likeness (QED) is 0.750. The van der Waals surface area contributed by atoms with E-state index in [1.165, 1.54) is 5.70 Å². The van der Waals surface area contributed by atoms with Crippen molar-refractivity contribution in [3.05, 3.63) is 58.8 Å². The summed E-state index contributed by atoms with van der Waals surface area (Å²) in [5, 5.41) is 11.1. The van der Waals surface area contributed by atoms with Crippen LogP contribution in [0.2, 0.25) is 5.02 Å². The lowest BCUT2D eigenvalue weighted by molar-refractivity contribution is 0.387. The normalized spacial score (nSPS) is 24.4. The zero-order chi connectivity index (χ0) is 18.2. The Labute approximate surface area is 163 Å². The van der Waals surface area contributed by atoms with E-state index in [1.807, 2.05) is 12.1 Å². The van der Waals surface area contributed by atoms with Crippen molar-refractivity contribution < 1.29 is 0 Å². The van der Waals surface area contributed by atoms with E-state index in [4.69, 9.17) is 11.6 Å². The van der Waals surface area contributed by atoms with E-state index in [9.17, 15) is 0 Å². The molecule has 0 amide bonds. The predicted octanol–water partition coefficient (Wildman–Crippen LogP) is 1.85. The first-order chi connectivity index (χ1) is 13.3. The lowest BCUT2D eigenvalue weighted by Crippen LogP contribution is -2.33. The van der Waals surface area contributed by atoms with E-state index in [0.717, 1.165) is 66.9 Å². The molecule has 0 radical (unpaired) electrons. The maximum atomic E-state index is 6.47. The summed E-state index contributed by atoms with van der Waals surface area (Å²) in [4.78, 5) is 11.2. The van der Waals surface area contributed by atoms with Gasteiger partial charge in [0.1, 0.15) is 0 Å². The predicted molar refractivity (Wildman–Crippen MR) is 107 cm³/mol. The van der Waals surface area contributed by atoms with Crippen molar-refractivity contribution in [1.82, 2.24) is 30.8 Å². The Morgan fingerprint density at radius 2 is 1.85 bits per heavy atom. The third-order valence-corrected chi connectivity index (χ3v) is 6.12. The maximum absolute atomic E-state index is 6.47. The zero-order valence-corrected chi connectivity index (χ0v) is 15.8. The fourth-order valence-electron chi connectivity index (χ4n) is 4.35. The summed E-state index contributed by atoms with van der Waals surface area (Å²) in [5.74, 6) is 1.55. The second kappa shape index (κ2) is 7.02. The highest BCUT2D eigenvalue weighted by Gasteiger charge is 2.37. The molecule has 5 rings (SSSR count). The summed E-state index contributed by atoms with van der Waals surface area (Å²) in [7, 11) is 0. The molecule has 2 unspecified atom stereocenters. The highest BCUT2D eigenvalue weighted by atomic mass is 35.5. The fraction of sp³-hybridized carbons (Fsp3) is 0.400. The first-order valence-electron chi connectivity index (χ1n) is 9.51. The number of nitrogens with zero attached hydrogens (tertiary/aromatic N) is 3. The molecule has 140 valence electrons. The summed E-state index contributed by atoms with van der Waals surface area (Å²) in [6, 6.07) is 3.91. The van der Waals surface area contributed by atoms with Crippen LogP contribution < -0.4 is 16.0 Å². The number of likely N-dealkylation sites (tertiary alicyclic amines) is 1. The minimum absolute atomic E-state index is 0.651. The third kappa shape index (κ3) is 3.24. The first-order valence-corrected chi connectivity index (χ1v) is 9.88. The van der Waals surface area contributed by atoms with E-state index in [-0.39, 0.29) is 0 Å². The minimum atomic E-state index is 0.651. The Morgan fingerprint density at radius 1 is 1.11 bits per heavy atom. The lowest BCUT2D eigenvalue weighted by atomic mass is 10.0. The summed E-state index contributed by atoms with van der Waals surface area (Å²) in [6.45, 7) is 6.08. The van der Waals surface area contributed by atoms with Gasteiger partial charge < -0.3 is 20.9 Å². The molecule has 3 aliphatic heterocycles. The van der Waals surface area contributed by atoms with Crippen molar-refractivity contribution in [2.45, 2.75) is 6.54 Å². The molecule has 0 bridgehead atoms. The summed E-state index contributed by atoms with van der Waals surface area (Å²) < 4.78 is 0. The Balaban J connectivity index is 1.32. The number of nitrogens with one attached hydrogen (secondary N) is 3. The van der Waals surface area contributed by atoms with Crippen LogP contribution in [-0.4, -0.2) is 47.6 Å². The number of dihydropyridines is 1. The van der Waals surface area contributed by atoms with E-state index in [2.05, 4.69) is 43.1 Å². The van der Waals surface area contributed by atoms with Crippen molar-refractivity contribution in [3.8, 4) is 0 Å². The van der Waals surface area contributed by atoms with Crippen LogP contribution in [0.5, 0.6) is 0 Å². The number of hydrogen-bond donors (Lipinski definition) is 3. The lowest BCUT2D eigenvalue weighted by Gasteiger charge is -2.28. The SMILES string of the molecule is Clc1cc2nccnc2cc1CNC1=CNCC=C1N1CC2CNCC2C1. The van der Waals surface area contributed by atoms with Gasteiger partial charge in [-0.2, -0.15) is 0 Å². The zero-order valence-electron chi connectivity index (χ0n) is 15.1. The molecule has 0 aliphatic carbocycles. The van der Waals surface area contributed by atoms with Gasteiger partial charge in [-0.3, -0.25) is 9.97 Å². The van der Waals surface area contributed by atoms with E-state index < -0.39 is 0 Å². The van der Waals surface area contributed by atoms with Crippen LogP contribution in [-0.2, 0) is 6.54 Å². The Kier molecular flexibility index (Phi) is 4.38. The molecule has 2 aromatic rings. The molecular formula is C20H23ClN6. The summed E-state index contributed by atoms with van der Waals surface area (Å²) in [5.41, 5.74) is 5.15. The molecule has 1 aromatic heterocycles. The topological polar surface area (TPSA) is 65.1 Å². The smallest absolute Gasteiger partial charge is 0.0901 e. The number of aromatic nitrogens is 2. The highest BCUT2D eigenvalue weighted by molar-refractivity contribution is 6.32. The van der Waals surface area contributed by atoms with Crippen molar-refractivity contribution in [2.24, 2.45) is 11.8 Å². The van der Waals surface area contributed by atoms with Crippen LogP contribution in [0.4, 0.5) is 0 Å². The standard InChI is InChI=1S/C20H23ClN6/c21-16-6-18-17(24-3-4-25-18)5-13(16)9-26-19-10-22-2-1-20(19)27-11-14-7-23-8-15(14)12-27/h1,3-6,10,14-15,22-23,26H,2,7-9,11-12H2. The fourth-order valence-corrected chi connectivity index (χ4v) is 4.57. The summed E-state index contributed by atoms with van der Waals surface area (Å²) in [6.07, 6.45) is 7.76. The molecule has 7 heteroatoms. The van der Waals surface area contributed by atoms with Crippen molar-refractivity contribution in [2.75, 3.05) is 32.7 Å². The van der Waals surface area contributed by atoms with Crippen LogP contribution in [0.3, 0.4) is 0 Å². The van der Waals surface area contributed by atoms with Crippen LogP contribution in [0.1, 0.15) is 5.56 Å². The molecule has 2 atom stereocenters. The van der Waals surface area contributed by atoms with Crippen molar-refractivity contribution >= 4 is 22.6 Å². The van der Waals surface area contributed by atoms with E-state index >= 15 is 0 Å². The maximum Gasteiger partial charge on any atom is 0.0901 e. The second-order valence-electron chi connectivity index (χ2n) is 7.48. The van der Waals surface area contributed by atoms with E-state index in [0.29, 0.717) is 11.6 Å². The van der Waals surface area contributed by atoms with Gasteiger partial charge in [0.25, 0.3) is 0 Å². The van der Waals surface area contributed by atoms with Gasteiger partial charge in [0.15, 0.2) is 0 Å². The molecule has 0 spiro atoms. The third-order valence-electron chi connectivity index (χ3n) is 5.77. The van der Waals surface area contributed by atoms with Crippen molar-refractivity contribution in [3.63, 3.8) is 0 Å². The molecule has 6 nitrogen and oxygen atoms in total. The molecule has 2 fully saturated rings. The average molecular weight is 383 g/mol. The number of hydrogen-bond acceptors (Lipinski definition) is 6. The van der Waals surface area contributed by atoms with Gasteiger partial charge in [-0.25, -0.2) is 0 Å². The van der Waals surface area contributed by atoms with Gasteiger partial charge in [0, 0.05) is 62.9 Å². The van der Waals surface area contributed by atoms with Crippen molar-refractivity contribution in [1.29, 1.82) is 0 Å². The van der Waals surface area contributed by atoms with Crippen LogP contribution in [0, 0.1) is 11.8 Å². The van der Waals surface area contributed by atoms with Crippen LogP contribution >= 0.6 is 11.6 Å². The largest absolute Gasteiger partial charge is 0.386 e. The van der Waals surface area contributed by atoms with Gasteiger partial charge in [-0.15, -0.1) is 0 Å².